The minimum Gasteiger partial charge on any atom is -0.456 e. The number of rotatable bonds is 6. The fraction of sp³-hybridized carbons (Fsp3) is 0. The largest absolute Gasteiger partial charge is 0.456 e. The topological polar surface area (TPSA) is 9.23 Å². The van der Waals surface area contributed by atoms with Gasteiger partial charge in [-0.3, -0.25) is 0 Å². The molecule has 1 aliphatic rings. The summed E-state index contributed by atoms with van der Waals surface area (Å²) in [5, 5.41) is 12.8. The zero-order valence-electron chi connectivity index (χ0n) is 30.7. The average molecular weight is 729 g/mol. The molecule has 0 N–H and O–H groups in total. The smallest absolute Gasteiger partial charge is 0.179 e. The molecule has 1 nitrogen and oxygen atoms in total. The molecule has 2 heteroatoms. The molecule has 0 saturated heterocycles. The van der Waals surface area contributed by atoms with Gasteiger partial charge in [0.1, 0.15) is 11.5 Å². The lowest BCUT2D eigenvalue weighted by Gasteiger charge is -2.34. The first-order valence-corrected chi connectivity index (χ1v) is 21.3. The minimum absolute atomic E-state index is 0.905. The van der Waals surface area contributed by atoms with E-state index in [-0.39, 0.29) is 0 Å². The Labute approximate surface area is 327 Å². The molecule has 0 unspecified atom stereocenters. The third-order valence-corrected chi connectivity index (χ3v) is 16.6. The molecule has 0 aromatic heterocycles. The van der Waals surface area contributed by atoms with E-state index in [1.807, 2.05) is 6.07 Å². The van der Waals surface area contributed by atoms with Crippen LogP contribution in [0.3, 0.4) is 0 Å². The number of hydrogen-bond donors (Lipinski definition) is 0. The minimum atomic E-state index is -2.65. The van der Waals surface area contributed by atoms with E-state index in [1.165, 1.54) is 80.9 Å². The Morgan fingerprint density at radius 2 is 0.696 bits per heavy atom. The van der Waals surface area contributed by atoms with Crippen molar-refractivity contribution in [1.29, 1.82) is 0 Å². The zero-order valence-corrected chi connectivity index (χ0v) is 31.7. The second kappa shape index (κ2) is 13.1. The first-order chi connectivity index (χ1) is 27.8. The predicted octanol–water partition coefficient (Wildman–Crippen LogP) is 11.6. The summed E-state index contributed by atoms with van der Waals surface area (Å²) in [6, 6.07) is 80.4. The quantitative estimate of drug-likeness (QED) is 0.0941. The van der Waals surface area contributed by atoms with Crippen molar-refractivity contribution in [2.24, 2.45) is 0 Å². The van der Waals surface area contributed by atoms with E-state index in [9.17, 15) is 0 Å². The van der Waals surface area contributed by atoms with Crippen molar-refractivity contribution in [1.82, 2.24) is 0 Å². The van der Waals surface area contributed by atoms with Crippen molar-refractivity contribution in [3.05, 3.63) is 218 Å². The maximum Gasteiger partial charge on any atom is 0.179 e. The fourth-order valence-corrected chi connectivity index (χ4v) is 14.2. The Bertz CT molecular complexity index is 2930. The van der Waals surface area contributed by atoms with Crippen LogP contribution in [0.5, 0.6) is 11.5 Å². The number of para-hydroxylation sites is 1. The Balaban J connectivity index is 1.14. The summed E-state index contributed by atoms with van der Waals surface area (Å²) < 4.78 is 6.51. The summed E-state index contributed by atoms with van der Waals surface area (Å²) in [6.45, 7) is 0. The van der Waals surface area contributed by atoms with Crippen molar-refractivity contribution in [3.63, 3.8) is 0 Å². The highest BCUT2D eigenvalue weighted by atomic mass is 28.3. The molecule has 10 aromatic rings. The van der Waals surface area contributed by atoms with Crippen LogP contribution in [0, 0.1) is 0 Å². The van der Waals surface area contributed by atoms with Gasteiger partial charge in [0.2, 0.25) is 0 Å². The van der Waals surface area contributed by atoms with Gasteiger partial charge in [-0.25, -0.2) is 0 Å². The van der Waals surface area contributed by atoms with E-state index in [4.69, 9.17) is 4.74 Å². The van der Waals surface area contributed by atoms with Crippen LogP contribution in [-0.4, -0.2) is 8.07 Å². The lowest BCUT2D eigenvalue weighted by Crippen LogP contribution is -2.74. The van der Waals surface area contributed by atoms with Gasteiger partial charge in [-0.05, 0) is 87.6 Å². The van der Waals surface area contributed by atoms with Crippen LogP contribution in [0.15, 0.2) is 218 Å². The summed E-state index contributed by atoms with van der Waals surface area (Å²) in [6.07, 6.45) is 0. The average Bonchev–Trinajstić information content (AvgIpc) is 3.27. The predicted molar refractivity (Wildman–Crippen MR) is 239 cm³/mol. The standard InChI is InChI=1S/C54H36OSi/c1-4-17-38(18-5-1)56(39-19-6-2-7-20-39,40-21-8-3-9-22-40)41-33-31-37(32-34-41)52-43-24-10-12-26-45(43)53(46-27-13-11-25-44(46)52)49-36-35-48-42-23-14-15-29-50(42)55-51-30-16-28-47(49)54(48)51/h1-36H. The van der Waals surface area contributed by atoms with Gasteiger partial charge in [0.15, 0.2) is 8.07 Å². The molecule has 0 aliphatic carbocycles. The lowest BCUT2D eigenvalue weighted by atomic mass is 9.83. The fourth-order valence-electron chi connectivity index (χ4n) is 9.48. The number of fused-ring (bicyclic) bond motifs is 4. The number of ether oxygens (including phenoxy) is 1. The Morgan fingerprint density at radius 3 is 1.27 bits per heavy atom. The summed E-state index contributed by atoms with van der Waals surface area (Å²) in [4.78, 5) is 0. The third-order valence-electron chi connectivity index (χ3n) is 11.8. The van der Waals surface area contributed by atoms with Crippen LogP contribution in [-0.2, 0) is 0 Å². The first-order valence-electron chi connectivity index (χ1n) is 19.3. The molecule has 0 atom stereocenters. The maximum absolute atomic E-state index is 6.51. The lowest BCUT2D eigenvalue weighted by molar-refractivity contribution is 0.487. The first kappa shape index (κ1) is 32.4. The molecule has 56 heavy (non-hydrogen) atoms. The van der Waals surface area contributed by atoms with Gasteiger partial charge < -0.3 is 4.74 Å². The van der Waals surface area contributed by atoms with Gasteiger partial charge in [0.25, 0.3) is 0 Å². The van der Waals surface area contributed by atoms with Crippen molar-refractivity contribution in [2.45, 2.75) is 0 Å². The Morgan fingerprint density at radius 1 is 0.268 bits per heavy atom. The molecular formula is C54H36OSi. The molecule has 0 radical (unpaired) electrons. The molecule has 0 fully saturated rings. The summed E-state index contributed by atoms with van der Waals surface area (Å²) in [5.41, 5.74) is 7.29. The molecule has 0 amide bonds. The number of hydrogen-bond acceptors (Lipinski definition) is 1. The molecule has 0 spiro atoms. The van der Waals surface area contributed by atoms with Gasteiger partial charge in [0, 0.05) is 10.9 Å². The molecule has 0 bridgehead atoms. The van der Waals surface area contributed by atoms with E-state index >= 15 is 0 Å². The van der Waals surface area contributed by atoms with Crippen LogP contribution in [0.1, 0.15) is 0 Å². The Hall–Kier alpha value is -7.00. The van der Waals surface area contributed by atoms with Crippen molar-refractivity contribution < 1.29 is 4.74 Å². The molecule has 1 aliphatic heterocycles. The van der Waals surface area contributed by atoms with Crippen molar-refractivity contribution in [2.75, 3.05) is 0 Å². The Kier molecular flexibility index (Phi) is 7.58. The van der Waals surface area contributed by atoms with Crippen LogP contribution in [0.25, 0.3) is 65.7 Å². The normalized spacial score (nSPS) is 12.1. The van der Waals surface area contributed by atoms with Gasteiger partial charge >= 0.3 is 0 Å². The highest BCUT2D eigenvalue weighted by Crippen LogP contribution is 2.51. The van der Waals surface area contributed by atoms with E-state index in [2.05, 4.69) is 212 Å². The highest BCUT2D eigenvalue weighted by molar-refractivity contribution is 7.19. The van der Waals surface area contributed by atoms with Gasteiger partial charge in [-0.2, -0.15) is 0 Å². The summed E-state index contributed by atoms with van der Waals surface area (Å²) in [5.74, 6) is 1.81. The second-order valence-electron chi connectivity index (χ2n) is 14.7. The monoisotopic (exact) mass is 728 g/mol. The van der Waals surface area contributed by atoms with Crippen LogP contribution in [0.2, 0.25) is 0 Å². The molecule has 262 valence electrons. The summed E-state index contributed by atoms with van der Waals surface area (Å²) in [7, 11) is -2.65. The van der Waals surface area contributed by atoms with Gasteiger partial charge in [-0.1, -0.05) is 206 Å². The SMILES string of the molecule is c1ccc([Si](c2ccccc2)(c2ccccc2)c2ccc(-c3c4ccccc4c(-c4ccc5c6c(cccc46)Oc4ccccc4-5)c4ccccc34)cc2)cc1. The zero-order chi connectivity index (χ0) is 37.1. The van der Waals surface area contributed by atoms with Crippen LogP contribution >= 0.6 is 0 Å². The highest BCUT2D eigenvalue weighted by Gasteiger charge is 2.41. The van der Waals surface area contributed by atoms with E-state index in [0.29, 0.717) is 0 Å². The third kappa shape index (κ3) is 4.86. The van der Waals surface area contributed by atoms with E-state index < -0.39 is 8.07 Å². The van der Waals surface area contributed by atoms with Crippen molar-refractivity contribution >= 4 is 61.1 Å². The van der Waals surface area contributed by atoms with Crippen LogP contribution in [0.4, 0.5) is 0 Å². The second-order valence-corrected chi connectivity index (χ2v) is 18.5. The van der Waals surface area contributed by atoms with E-state index in [0.717, 1.165) is 17.1 Å². The molecule has 0 saturated carbocycles. The maximum atomic E-state index is 6.51. The van der Waals surface area contributed by atoms with Gasteiger partial charge in [-0.15, -0.1) is 0 Å². The van der Waals surface area contributed by atoms with Crippen LogP contribution < -0.4 is 25.5 Å². The molecule has 1 heterocycles. The number of benzene rings is 10. The summed E-state index contributed by atoms with van der Waals surface area (Å²) >= 11 is 0. The van der Waals surface area contributed by atoms with Gasteiger partial charge in [0.05, 0.1) is 0 Å². The molecule has 10 aromatic carbocycles. The molecule has 11 rings (SSSR count). The van der Waals surface area contributed by atoms with E-state index in [1.54, 1.807) is 0 Å². The van der Waals surface area contributed by atoms with Crippen molar-refractivity contribution in [3.8, 4) is 44.9 Å². The molecular weight excluding hydrogens is 693 g/mol.